The highest BCUT2D eigenvalue weighted by Gasteiger charge is 2.41. The molecule has 806 valence electrons. The van der Waals surface area contributed by atoms with Crippen LogP contribution >= 0.6 is 81.5 Å². The normalized spacial score (nSPS) is 15.3. The van der Waals surface area contributed by atoms with E-state index < -0.39 is 65.8 Å². The van der Waals surface area contributed by atoms with Crippen LogP contribution in [0.25, 0.3) is 0 Å². The SMILES string of the molecule is CC(C)(C)OC(=O)N1CCC[C@@H]1C(=O)C[C@H](CC[C@H](Cc1ccccc1)NC(=O)OCc1cncs1)Cc1ccccc1.CC(C)(C)OC(=O)N1CCC[C@@H]1C(=O)O.CC(C)c1nc(CN(C)C(=O)N2CCC[C@@H]2C(=O)C[C@H](CC[C@H](Cc2ccccc2)NC(=O)OCc2cncs2)Cc2ccccc2)cs1.CNCc1csc(C(C)C)n1.Cl.Cl.N[C@H](CC[C@H](Cc1ccccc1)NC(=O)OCc1cncs1)Cc1ccccc1. The van der Waals surface area contributed by atoms with Crippen molar-refractivity contribution in [3.8, 4) is 0 Å². The zero-order valence-corrected chi connectivity index (χ0v) is 93.4. The largest absolute Gasteiger partial charge is 0.480 e. The maximum atomic E-state index is 14.0. The van der Waals surface area contributed by atoms with Crippen molar-refractivity contribution < 1.29 is 71.9 Å². The molecule has 3 fully saturated rings. The molecule has 5 aromatic heterocycles. The summed E-state index contributed by atoms with van der Waals surface area (Å²) in [5.41, 5.74) is 19.3. The second kappa shape index (κ2) is 64.8. The molecule has 9 atom stereocenters. The minimum Gasteiger partial charge on any atom is -0.480 e. The number of nitrogens with two attached hydrogens (primary N) is 1. The van der Waals surface area contributed by atoms with Gasteiger partial charge in [0.05, 0.1) is 71.2 Å². The summed E-state index contributed by atoms with van der Waals surface area (Å²) in [4.78, 5) is 145. The number of Topliss-reactive ketones (excluding diaryl/α,β-unsaturated/α-hetero) is 2. The van der Waals surface area contributed by atoms with Gasteiger partial charge in [-0.3, -0.25) is 34.3 Å². The number of hydrogen-bond donors (Lipinski definition) is 6. The van der Waals surface area contributed by atoms with Gasteiger partial charge in [-0.15, -0.1) is 81.5 Å². The number of thiazole rings is 5. The first-order valence-electron chi connectivity index (χ1n) is 50.9. The first kappa shape index (κ1) is 123. The Labute approximate surface area is 911 Å². The van der Waals surface area contributed by atoms with Crippen molar-refractivity contribution in [1.29, 1.82) is 0 Å². The lowest BCUT2D eigenvalue weighted by Crippen LogP contribution is -2.46. The topological polar surface area (TPSA) is 372 Å². The van der Waals surface area contributed by atoms with Crippen molar-refractivity contribution in [3.63, 3.8) is 0 Å². The molecule has 3 aliphatic rings. The van der Waals surface area contributed by atoms with Crippen LogP contribution in [0.4, 0.5) is 28.8 Å². The molecular formula is C113H150Cl2N14O15S5. The number of hydrogen-bond acceptors (Lipinski definition) is 26. The molecule has 36 heteroatoms. The van der Waals surface area contributed by atoms with Crippen molar-refractivity contribution in [3.05, 3.63) is 297 Å². The summed E-state index contributed by atoms with van der Waals surface area (Å²) < 4.78 is 27.1. The van der Waals surface area contributed by atoms with E-state index in [4.69, 9.17) is 39.5 Å². The number of ketones is 2. The average Bonchev–Trinajstić information content (AvgIpc) is 1.69. The predicted octanol–water partition coefficient (Wildman–Crippen LogP) is 23.5. The van der Waals surface area contributed by atoms with Gasteiger partial charge in [-0.2, -0.15) is 0 Å². The van der Waals surface area contributed by atoms with Crippen molar-refractivity contribution in [2.75, 3.05) is 33.7 Å². The average molecular weight is 2180 g/mol. The van der Waals surface area contributed by atoms with Crippen LogP contribution in [0.3, 0.4) is 0 Å². The van der Waals surface area contributed by atoms with Gasteiger partial charge in [0, 0.05) is 111 Å². The van der Waals surface area contributed by atoms with Crippen molar-refractivity contribution in [2.24, 2.45) is 17.6 Å². The highest BCUT2D eigenvalue weighted by molar-refractivity contribution is 7.10. The summed E-state index contributed by atoms with van der Waals surface area (Å²) in [6.07, 6.45) is 16.4. The summed E-state index contributed by atoms with van der Waals surface area (Å²) in [7, 11) is 3.73. The minimum absolute atomic E-state index is 0. The second-order valence-corrected chi connectivity index (χ2v) is 44.7. The standard InChI is InChI=1S/C38H47N5O4S2.C34H43N3O5S.C23H27N3O2S.C10H17NO4.C8H14N2S.2ClH/c1-27(2)36-40-32(25-48-36)23-42(3)38(46)43-18-10-15-34(43)35(44)21-30(19-28-11-6-4-7-12-28)16-17-31(20-29-13-8-5-9-14-29)41-37(45)47-24-33-22-39-26-49-33;1-34(2,3)42-33(40)37-18-10-15-30(37)31(38)21-27(19-25-11-6-4-7-12-25)16-17-28(20-26-13-8-5-9-14-26)36-32(39)41-23-29-22-35-24-43-29;24-20(13-18-7-3-1-4-8-18)11-12-21(14-19-9-5-2-6-10-19)26-23(27)28-16-22-15-25-17-29-22;1-10(2,3)15-9(14)11-6-4-5-7(11)8(12)13;1-6(2)8-10-7(4-9-3)5-11-8;;/h4-9,11-14,22,25-27,30-31,34H,10,15-21,23-24H2,1-3H3,(H,41,45);4-9,11-14,22,24,27-28,30H,10,15-21,23H2,1-3H3,(H,36,39);1-10,15,17,20-21H,11-14,16,24H2,(H,26,27);7H,4-6H2,1-3H3,(H,12,13);5-6,9H,4H2,1-3H3;2*1H/t30-,31-,34-;27-,28-,30-;20-,21-;7-;;;/m1111.../s1. The van der Waals surface area contributed by atoms with Crippen LogP contribution in [0, 0.1) is 11.8 Å². The van der Waals surface area contributed by atoms with Crippen LogP contribution in [0.5, 0.6) is 0 Å². The van der Waals surface area contributed by atoms with Gasteiger partial charge in [0.15, 0.2) is 11.6 Å². The first-order valence-corrected chi connectivity index (χ1v) is 55.3. The Hall–Kier alpha value is -11.6. The Morgan fingerprint density at radius 2 is 0.745 bits per heavy atom. The van der Waals surface area contributed by atoms with E-state index in [-0.39, 0.29) is 98.2 Å². The highest BCUT2D eigenvalue weighted by Crippen LogP contribution is 2.33. The molecule has 0 radical (unpaired) electrons. The number of aliphatic carboxylic acids is 1. The second-order valence-electron chi connectivity index (χ2n) is 40.0. The number of carbonyl (C=O) groups excluding carboxylic acids is 8. The monoisotopic (exact) mass is 2170 g/mol. The molecule has 0 aliphatic carbocycles. The van der Waals surface area contributed by atoms with Crippen LogP contribution < -0.4 is 27.0 Å². The molecule has 149 heavy (non-hydrogen) atoms. The number of rotatable bonds is 43. The first-order chi connectivity index (χ1) is 70.6. The fourth-order valence-corrected chi connectivity index (χ4v) is 20.7. The fourth-order valence-electron chi connectivity index (χ4n) is 17.5. The third-order valence-corrected chi connectivity index (χ3v) is 29.4. The number of likely N-dealkylation sites (tertiary alicyclic amines) is 3. The van der Waals surface area contributed by atoms with E-state index in [1.165, 1.54) is 60.6 Å². The number of urea groups is 1. The predicted molar refractivity (Wildman–Crippen MR) is 596 cm³/mol. The molecule has 0 bridgehead atoms. The summed E-state index contributed by atoms with van der Waals surface area (Å²) in [5, 5.41) is 27.6. The molecule has 0 saturated carbocycles. The molecule has 11 aromatic rings. The maximum Gasteiger partial charge on any atom is 0.411 e. The van der Waals surface area contributed by atoms with Gasteiger partial charge >= 0.3 is 42.5 Å². The molecule has 8 heterocycles. The van der Waals surface area contributed by atoms with Gasteiger partial charge in [0.1, 0.15) is 37.1 Å². The van der Waals surface area contributed by atoms with Gasteiger partial charge in [-0.25, -0.2) is 43.5 Å². The van der Waals surface area contributed by atoms with E-state index in [0.29, 0.717) is 95.8 Å². The Morgan fingerprint density at radius 1 is 0.430 bits per heavy atom. The third-order valence-electron chi connectivity index (χ3n) is 24.7. The Bertz CT molecular complexity index is 5700. The number of alkyl carbamates (subject to hydrolysis) is 3. The number of nitrogens with one attached hydrogen (secondary N) is 4. The summed E-state index contributed by atoms with van der Waals surface area (Å²) in [5.74, 6) is 0.209. The van der Waals surface area contributed by atoms with Crippen LogP contribution in [-0.2, 0) is 110 Å². The molecule has 7 N–H and O–H groups in total. The number of benzene rings is 6. The van der Waals surface area contributed by atoms with Gasteiger partial charge < -0.3 is 65.6 Å². The van der Waals surface area contributed by atoms with Crippen LogP contribution in [0.15, 0.2) is 228 Å². The summed E-state index contributed by atoms with van der Waals surface area (Å²) in [6, 6.07) is 58.8. The van der Waals surface area contributed by atoms with Gasteiger partial charge in [0.2, 0.25) is 0 Å². The molecule has 0 unspecified atom stereocenters. The molecule has 3 saturated heterocycles. The third kappa shape index (κ3) is 45.6. The van der Waals surface area contributed by atoms with Crippen molar-refractivity contribution >= 4 is 136 Å². The van der Waals surface area contributed by atoms with E-state index >= 15 is 0 Å². The van der Waals surface area contributed by atoms with E-state index in [2.05, 4.69) is 135 Å². The molecule has 3 aliphatic heterocycles. The van der Waals surface area contributed by atoms with Crippen molar-refractivity contribution in [1.82, 2.24) is 65.8 Å². The molecule has 0 spiro atoms. The van der Waals surface area contributed by atoms with Crippen LogP contribution in [-0.4, -0.2) is 191 Å². The zero-order chi connectivity index (χ0) is 105. The number of ether oxygens (including phenoxy) is 5. The van der Waals surface area contributed by atoms with Crippen LogP contribution in [0.2, 0.25) is 0 Å². The Kier molecular flexibility index (Phi) is 53.3. The van der Waals surface area contributed by atoms with E-state index in [1.807, 2.05) is 155 Å². The number of carbonyl (C=O) groups is 9. The quantitative estimate of drug-likeness (QED) is 0.0193. The number of amides is 7. The minimum atomic E-state index is -0.960. The number of aromatic nitrogens is 5. The van der Waals surface area contributed by atoms with E-state index in [0.717, 1.165) is 125 Å². The molecule has 7 amide bonds. The lowest BCUT2D eigenvalue weighted by molar-refractivity contribution is -0.142. The van der Waals surface area contributed by atoms with Gasteiger partial charge in [-0.05, 0) is 209 Å². The number of nitrogens with zero attached hydrogens (tertiary/aromatic N) is 9. The Balaban J connectivity index is 0.000000245. The van der Waals surface area contributed by atoms with Gasteiger partial charge in [0.25, 0.3) is 0 Å². The molecule has 14 rings (SSSR count). The van der Waals surface area contributed by atoms with Crippen molar-refractivity contribution in [2.45, 2.75) is 296 Å². The smallest absolute Gasteiger partial charge is 0.411 e. The summed E-state index contributed by atoms with van der Waals surface area (Å²) >= 11 is 7.72. The van der Waals surface area contributed by atoms with E-state index in [1.54, 1.807) is 100 Å². The molecule has 29 nitrogen and oxygen atoms in total. The van der Waals surface area contributed by atoms with Crippen LogP contribution in [0.1, 0.15) is 240 Å². The number of halogens is 2. The zero-order valence-electron chi connectivity index (χ0n) is 87.7. The fraction of sp³-hybridized carbons (Fsp3) is 0.469. The van der Waals surface area contributed by atoms with Gasteiger partial charge in [-0.1, -0.05) is 210 Å². The van der Waals surface area contributed by atoms with E-state index in [9.17, 15) is 43.2 Å². The number of carboxylic acids is 1. The maximum absolute atomic E-state index is 14.0. The lowest BCUT2D eigenvalue weighted by Gasteiger charge is -2.30. The number of carboxylic acid groups (broad SMARTS) is 1. The Morgan fingerprint density at radius 3 is 1.07 bits per heavy atom. The highest BCUT2D eigenvalue weighted by atomic mass is 35.5. The molecular weight excluding hydrogens is 2020 g/mol. The lowest BCUT2D eigenvalue weighted by atomic mass is 9.86. The molecule has 6 aromatic carbocycles. The summed E-state index contributed by atoms with van der Waals surface area (Å²) in [6.45, 7) is 22.8.